The van der Waals surface area contributed by atoms with Crippen LogP contribution in [0, 0.1) is 20.8 Å². The lowest BCUT2D eigenvalue weighted by Crippen LogP contribution is -2.22. The average Bonchev–Trinajstić information content (AvgIpc) is 3.24. The van der Waals surface area contributed by atoms with Gasteiger partial charge in [-0.25, -0.2) is 14.8 Å². The number of rotatable bonds is 6. The van der Waals surface area contributed by atoms with Gasteiger partial charge in [-0.1, -0.05) is 12.1 Å². The fraction of sp³-hybridized carbons (Fsp3) is 0.238. The summed E-state index contributed by atoms with van der Waals surface area (Å²) in [4.78, 5) is 33.6. The van der Waals surface area contributed by atoms with Gasteiger partial charge in [-0.3, -0.25) is 4.79 Å². The Morgan fingerprint density at radius 3 is 2.62 bits per heavy atom. The summed E-state index contributed by atoms with van der Waals surface area (Å²) in [7, 11) is 0. The van der Waals surface area contributed by atoms with E-state index < -0.39 is 18.5 Å². The zero-order valence-corrected chi connectivity index (χ0v) is 17.4. The fourth-order valence-corrected chi connectivity index (χ4v) is 3.33. The van der Waals surface area contributed by atoms with Crippen LogP contribution in [0.3, 0.4) is 0 Å². The molecule has 8 heteroatoms. The van der Waals surface area contributed by atoms with E-state index >= 15 is 0 Å². The molecule has 0 bridgehead atoms. The van der Waals surface area contributed by atoms with Gasteiger partial charge < -0.3 is 14.5 Å². The van der Waals surface area contributed by atoms with E-state index in [1.54, 1.807) is 31.4 Å². The van der Waals surface area contributed by atoms with Crippen molar-refractivity contribution in [3.05, 3.63) is 59.0 Å². The third-order valence-corrected chi connectivity index (χ3v) is 5.09. The Labute approximate surface area is 172 Å². The van der Waals surface area contributed by atoms with Crippen molar-refractivity contribution in [2.45, 2.75) is 25.8 Å². The highest BCUT2D eigenvalue weighted by Crippen LogP contribution is 2.25. The molecule has 1 aromatic carbocycles. The second-order valence-corrected chi connectivity index (χ2v) is 7.16. The van der Waals surface area contributed by atoms with Crippen molar-refractivity contribution in [2.24, 2.45) is 0 Å². The fourth-order valence-electron chi connectivity index (χ4n) is 2.72. The Bertz CT molecular complexity index is 1050. The maximum Gasteiger partial charge on any atom is 0.343 e. The van der Waals surface area contributed by atoms with Crippen LogP contribution in [0.1, 0.15) is 27.2 Å². The average molecular weight is 411 g/mol. The molecule has 0 fully saturated rings. The summed E-state index contributed by atoms with van der Waals surface area (Å²) in [5.41, 5.74) is 3.42. The molecule has 0 aliphatic rings. The number of thioether (sulfide) groups is 1. The van der Waals surface area contributed by atoms with Gasteiger partial charge in [-0.05, 0) is 56.4 Å². The minimum Gasteiger partial charge on any atom is -0.461 e. The van der Waals surface area contributed by atoms with E-state index in [9.17, 15) is 9.59 Å². The van der Waals surface area contributed by atoms with E-state index in [1.807, 2.05) is 26.0 Å². The summed E-state index contributed by atoms with van der Waals surface area (Å²) in [6.07, 6.45) is 3.33. The van der Waals surface area contributed by atoms with Crippen LogP contribution >= 0.6 is 11.8 Å². The highest BCUT2D eigenvalue weighted by atomic mass is 32.2. The highest BCUT2D eigenvalue weighted by molar-refractivity contribution is 7.98. The molecule has 29 heavy (non-hydrogen) atoms. The van der Waals surface area contributed by atoms with Gasteiger partial charge in [-0.2, -0.15) is 0 Å². The molecular weight excluding hydrogens is 390 g/mol. The largest absolute Gasteiger partial charge is 0.461 e. The van der Waals surface area contributed by atoms with Crippen molar-refractivity contribution >= 4 is 29.3 Å². The van der Waals surface area contributed by atoms with Crippen molar-refractivity contribution in [1.82, 2.24) is 9.97 Å². The highest BCUT2D eigenvalue weighted by Gasteiger charge is 2.22. The Kier molecular flexibility index (Phi) is 6.33. The molecule has 2 heterocycles. The first-order valence-electron chi connectivity index (χ1n) is 8.90. The summed E-state index contributed by atoms with van der Waals surface area (Å²) in [5, 5.41) is 3.23. The molecule has 0 saturated heterocycles. The maximum absolute atomic E-state index is 12.6. The lowest BCUT2D eigenvalue weighted by molar-refractivity contribution is -0.119. The molecular formula is C21H21N3O4S. The van der Waals surface area contributed by atoms with Gasteiger partial charge in [0, 0.05) is 5.69 Å². The third kappa shape index (κ3) is 4.65. The van der Waals surface area contributed by atoms with Crippen LogP contribution in [0.4, 0.5) is 5.69 Å². The third-order valence-electron chi connectivity index (χ3n) is 4.41. The van der Waals surface area contributed by atoms with Crippen molar-refractivity contribution in [1.29, 1.82) is 0 Å². The maximum atomic E-state index is 12.6. The molecule has 7 nitrogen and oxygen atoms in total. The second kappa shape index (κ2) is 8.91. The predicted octanol–water partition coefficient (Wildman–Crippen LogP) is 4.18. The van der Waals surface area contributed by atoms with Crippen LogP contribution < -0.4 is 5.32 Å². The number of esters is 1. The second-order valence-electron chi connectivity index (χ2n) is 6.37. The number of nitrogens with one attached hydrogen (secondary N) is 1. The summed E-state index contributed by atoms with van der Waals surface area (Å²) in [6.45, 7) is 5.17. The minimum absolute atomic E-state index is 0.243. The number of carbonyl (C=O) groups is 2. The molecule has 2 aromatic heterocycles. The van der Waals surface area contributed by atoms with Crippen LogP contribution in [0.2, 0.25) is 0 Å². The van der Waals surface area contributed by atoms with E-state index in [0.29, 0.717) is 28.0 Å². The summed E-state index contributed by atoms with van der Waals surface area (Å²) >= 11 is 1.30. The van der Waals surface area contributed by atoms with Crippen LogP contribution in [-0.4, -0.2) is 34.7 Å². The minimum atomic E-state index is -0.644. The van der Waals surface area contributed by atoms with Gasteiger partial charge >= 0.3 is 5.97 Å². The predicted molar refractivity (Wildman–Crippen MR) is 111 cm³/mol. The number of aromatic nitrogens is 2. The molecule has 0 radical (unpaired) electrons. The van der Waals surface area contributed by atoms with Crippen LogP contribution in [0.25, 0.3) is 11.6 Å². The monoisotopic (exact) mass is 411 g/mol. The lowest BCUT2D eigenvalue weighted by atomic mass is 10.1. The molecule has 150 valence electrons. The number of hydrogen-bond donors (Lipinski definition) is 1. The molecule has 3 rings (SSSR count). The number of ether oxygens (including phenoxy) is 1. The lowest BCUT2D eigenvalue weighted by Gasteiger charge is -2.12. The quantitative estimate of drug-likeness (QED) is 0.369. The van der Waals surface area contributed by atoms with Crippen LogP contribution in [0.15, 0.2) is 46.0 Å². The van der Waals surface area contributed by atoms with Gasteiger partial charge in [0.25, 0.3) is 5.91 Å². The van der Waals surface area contributed by atoms with E-state index in [0.717, 1.165) is 11.1 Å². The number of carbonyl (C=O) groups excluding carboxylic acids is 2. The summed E-state index contributed by atoms with van der Waals surface area (Å²) < 4.78 is 10.5. The normalized spacial score (nSPS) is 10.6. The summed E-state index contributed by atoms with van der Waals surface area (Å²) in [5.74, 6) is -0.158. The van der Waals surface area contributed by atoms with Crippen molar-refractivity contribution < 1.29 is 18.7 Å². The number of nitrogens with zero attached hydrogens (tertiary/aromatic N) is 2. The van der Waals surface area contributed by atoms with E-state index in [1.165, 1.54) is 18.0 Å². The zero-order chi connectivity index (χ0) is 21.0. The molecule has 3 aromatic rings. The first-order chi connectivity index (χ1) is 13.9. The molecule has 0 aliphatic heterocycles. The molecule has 0 unspecified atom stereocenters. The molecule has 0 atom stereocenters. The molecule has 0 aliphatic carbocycles. The number of hydrogen-bond acceptors (Lipinski definition) is 7. The molecule has 0 spiro atoms. The summed E-state index contributed by atoms with van der Waals surface area (Å²) in [6, 6.07) is 9.11. The van der Waals surface area contributed by atoms with Crippen molar-refractivity contribution in [2.75, 3.05) is 18.2 Å². The molecule has 1 amide bonds. The first kappa shape index (κ1) is 20.6. The molecule has 1 N–H and O–H groups in total. The van der Waals surface area contributed by atoms with Gasteiger partial charge in [0.15, 0.2) is 18.2 Å². The zero-order valence-electron chi connectivity index (χ0n) is 16.6. The van der Waals surface area contributed by atoms with Crippen LogP contribution in [0.5, 0.6) is 0 Å². The smallest absolute Gasteiger partial charge is 0.343 e. The number of furan rings is 1. The Morgan fingerprint density at radius 2 is 1.93 bits per heavy atom. The SMILES string of the molecule is CSc1nc(-c2ccco2)nc(C)c1C(=O)OCC(=O)Nc1cccc(C)c1C. The topological polar surface area (TPSA) is 94.3 Å². The first-order valence-corrected chi connectivity index (χ1v) is 10.1. The van der Waals surface area contributed by atoms with E-state index in [-0.39, 0.29) is 5.56 Å². The number of benzene rings is 1. The van der Waals surface area contributed by atoms with Gasteiger partial charge in [0.2, 0.25) is 0 Å². The molecule has 0 saturated carbocycles. The van der Waals surface area contributed by atoms with Crippen molar-refractivity contribution in [3.63, 3.8) is 0 Å². The Morgan fingerprint density at radius 1 is 1.14 bits per heavy atom. The Hall–Kier alpha value is -3.13. The number of amides is 1. The van der Waals surface area contributed by atoms with Crippen molar-refractivity contribution in [3.8, 4) is 11.6 Å². The van der Waals surface area contributed by atoms with E-state index in [4.69, 9.17) is 9.15 Å². The number of anilines is 1. The van der Waals surface area contributed by atoms with Gasteiger partial charge in [0.1, 0.15) is 10.6 Å². The standard InChI is InChI=1S/C21H21N3O4S/c1-12-7-5-8-15(13(12)2)23-17(25)11-28-21(26)18-14(3)22-19(24-20(18)29-4)16-9-6-10-27-16/h5-10H,11H2,1-4H3,(H,23,25). The van der Waals surface area contributed by atoms with Gasteiger partial charge in [-0.15, -0.1) is 11.8 Å². The Balaban J connectivity index is 1.72. The van der Waals surface area contributed by atoms with Crippen LogP contribution in [-0.2, 0) is 9.53 Å². The number of aryl methyl sites for hydroxylation is 2. The van der Waals surface area contributed by atoms with E-state index in [2.05, 4.69) is 15.3 Å². The van der Waals surface area contributed by atoms with Gasteiger partial charge in [0.05, 0.1) is 12.0 Å².